The number of thioether (sulfide) groups is 1. The third kappa shape index (κ3) is 4.00. The molecule has 3 rings (SSSR count). The average molecular weight is 392 g/mol. The zero-order valence-corrected chi connectivity index (χ0v) is 16.3. The highest BCUT2D eigenvalue weighted by Crippen LogP contribution is 2.28. The first-order valence-electron chi connectivity index (χ1n) is 7.53. The summed E-state index contributed by atoms with van der Waals surface area (Å²) in [6, 6.07) is 1.93. The summed E-state index contributed by atoms with van der Waals surface area (Å²) in [5.41, 5.74) is 2.66. The Morgan fingerprint density at radius 3 is 3.00 bits per heavy atom. The summed E-state index contributed by atoms with van der Waals surface area (Å²) in [4.78, 5) is 17.0. The van der Waals surface area contributed by atoms with Gasteiger partial charge in [0, 0.05) is 35.1 Å². The Bertz CT molecular complexity index is 882. The number of carbonyl (C=O) groups is 1. The molecule has 9 heteroatoms. The number of hydrogen-bond donors (Lipinski definition) is 1. The fourth-order valence-electron chi connectivity index (χ4n) is 2.37. The van der Waals surface area contributed by atoms with Crippen LogP contribution in [-0.2, 0) is 0 Å². The maximum absolute atomic E-state index is 12.6. The minimum atomic E-state index is 0.0803. The van der Waals surface area contributed by atoms with Crippen molar-refractivity contribution in [3.05, 3.63) is 47.2 Å². The van der Waals surface area contributed by atoms with Gasteiger partial charge in [-0.05, 0) is 19.9 Å². The number of aromatic nitrogens is 4. The lowest BCUT2D eigenvalue weighted by Gasteiger charge is -2.05. The molecule has 3 heterocycles. The Labute approximate surface area is 158 Å². The molecule has 3 aromatic heterocycles. The molecule has 0 radical (unpaired) electrons. The van der Waals surface area contributed by atoms with Crippen LogP contribution in [0.25, 0.3) is 5.13 Å². The molecule has 3 aromatic rings. The van der Waals surface area contributed by atoms with Gasteiger partial charge in [-0.3, -0.25) is 9.36 Å². The normalized spacial score (nSPS) is 10.8. The molecular formula is C16H17N5OS3. The number of rotatable bonds is 8. The number of ketones is 1. The molecule has 0 fully saturated rings. The smallest absolute Gasteiger partial charge is 0.206 e. The number of hydrogen-bond acceptors (Lipinski definition) is 8. The highest BCUT2D eigenvalue weighted by atomic mass is 32.2. The van der Waals surface area contributed by atoms with E-state index in [4.69, 9.17) is 0 Å². The van der Waals surface area contributed by atoms with Crippen LogP contribution >= 0.6 is 34.4 Å². The molecule has 0 atom stereocenters. The minimum absolute atomic E-state index is 0.0803. The lowest BCUT2D eigenvalue weighted by atomic mass is 10.2. The molecule has 0 saturated carbocycles. The van der Waals surface area contributed by atoms with Crippen LogP contribution in [0.4, 0.5) is 5.13 Å². The van der Waals surface area contributed by atoms with Crippen LogP contribution in [0.5, 0.6) is 0 Å². The molecule has 130 valence electrons. The number of anilines is 1. The van der Waals surface area contributed by atoms with Crippen molar-refractivity contribution in [2.75, 3.05) is 17.6 Å². The van der Waals surface area contributed by atoms with Crippen LogP contribution in [0.1, 0.15) is 21.7 Å². The van der Waals surface area contributed by atoms with Crippen LogP contribution < -0.4 is 5.32 Å². The van der Waals surface area contributed by atoms with Gasteiger partial charge >= 0.3 is 0 Å². The van der Waals surface area contributed by atoms with E-state index in [2.05, 4.69) is 27.1 Å². The van der Waals surface area contributed by atoms with Gasteiger partial charge in [0.1, 0.15) is 0 Å². The highest BCUT2D eigenvalue weighted by Gasteiger charge is 2.18. The third-order valence-corrected chi connectivity index (χ3v) is 6.24. The van der Waals surface area contributed by atoms with Gasteiger partial charge in [0.25, 0.3) is 0 Å². The standard InChI is InChI=1S/C16H17N5OS3/c1-4-5-17-14-19-20-16(25-14)24-9-13(22)12-8-10(2)21(11(12)3)15-18-6-7-23-15/h4,6-8H,1,5,9H2,2-3H3,(H,17,19). The lowest BCUT2D eigenvalue weighted by molar-refractivity contribution is 0.102. The van der Waals surface area contributed by atoms with Gasteiger partial charge in [-0.1, -0.05) is 29.2 Å². The fourth-order valence-corrected chi connectivity index (χ4v) is 4.76. The molecule has 0 aliphatic heterocycles. The van der Waals surface area contributed by atoms with E-state index in [-0.39, 0.29) is 5.78 Å². The third-order valence-electron chi connectivity index (χ3n) is 3.47. The highest BCUT2D eigenvalue weighted by molar-refractivity contribution is 8.01. The molecule has 0 amide bonds. The van der Waals surface area contributed by atoms with E-state index in [1.165, 1.54) is 23.1 Å². The molecule has 0 unspecified atom stereocenters. The van der Waals surface area contributed by atoms with Crippen molar-refractivity contribution in [2.24, 2.45) is 0 Å². The van der Waals surface area contributed by atoms with Crippen LogP contribution in [0.15, 0.2) is 34.6 Å². The van der Waals surface area contributed by atoms with Gasteiger partial charge in [-0.2, -0.15) is 0 Å². The van der Waals surface area contributed by atoms with Crippen molar-refractivity contribution < 1.29 is 4.79 Å². The second-order valence-corrected chi connectivity index (χ2v) is 8.26. The Hall–Kier alpha value is -1.97. The summed E-state index contributed by atoms with van der Waals surface area (Å²) in [6.07, 6.45) is 3.53. The largest absolute Gasteiger partial charge is 0.357 e. The van der Waals surface area contributed by atoms with Crippen LogP contribution in [0.2, 0.25) is 0 Å². The van der Waals surface area contributed by atoms with Crippen molar-refractivity contribution >= 4 is 45.4 Å². The summed E-state index contributed by atoms with van der Waals surface area (Å²) in [5.74, 6) is 0.412. The Balaban J connectivity index is 1.69. The van der Waals surface area contributed by atoms with Crippen LogP contribution in [0.3, 0.4) is 0 Å². The Morgan fingerprint density at radius 2 is 2.28 bits per heavy atom. The molecule has 0 bridgehead atoms. The summed E-state index contributed by atoms with van der Waals surface area (Å²) < 4.78 is 2.79. The molecule has 1 N–H and O–H groups in total. The monoisotopic (exact) mass is 391 g/mol. The Kier molecular flexibility index (Phi) is 5.67. The second kappa shape index (κ2) is 7.94. The molecule has 6 nitrogen and oxygen atoms in total. The van der Waals surface area contributed by atoms with Gasteiger partial charge in [0.2, 0.25) is 5.13 Å². The Morgan fingerprint density at radius 1 is 1.44 bits per heavy atom. The maximum atomic E-state index is 12.6. The van der Waals surface area contributed by atoms with Crippen molar-refractivity contribution in [1.29, 1.82) is 0 Å². The molecular weight excluding hydrogens is 374 g/mol. The SMILES string of the molecule is C=CCNc1nnc(SCC(=O)c2cc(C)n(-c3nccs3)c2C)s1. The van der Waals surface area contributed by atoms with Gasteiger partial charge < -0.3 is 5.32 Å². The molecule has 0 spiro atoms. The molecule has 0 aliphatic carbocycles. The molecule has 0 aliphatic rings. The maximum Gasteiger partial charge on any atom is 0.206 e. The van der Waals surface area contributed by atoms with E-state index < -0.39 is 0 Å². The predicted molar refractivity (Wildman–Crippen MR) is 105 cm³/mol. The van der Waals surface area contributed by atoms with Crippen LogP contribution in [-0.4, -0.2) is 37.8 Å². The molecule has 25 heavy (non-hydrogen) atoms. The van der Waals surface area contributed by atoms with Gasteiger partial charge in [0.05, 0.1) is 5.75 Å². The van der Waals surface area contributed by atoms with E-state index in [9.17, 15) is 4.79 Å². The van der Waals surface area contributed by atoms with Crippen molar-refractivity contribution in [3.63, 3.8) is 0 Å². The zero-order valence-electron chi connectivity index (χ0n) is 13.9. The first-order chi connectivity index (χ1) is 12.1. The summed E-state index contributed by atoms with van der Waals surface area (Å²) in [7, 11) is 0. The van der Waals surface area contributed by atoms with E-state index in [1.54, 1.807) is 23.6 Å². The quantitative estimate of drug-likeness (QED) is 0.356. The van der Waals surface area contributed by atoms with E-state index in [0.717, 1.165) is 31.6 Å². The first kappa shape index (κ1) is 17.8. The predicted octanol–water partition coefficient (Wildman–Crippen LogP) is 3.98. The summed E-state index contributed by atoms with van der Waals surface area (Å²) in [6.45, 7) is 8.23. The number of nitrogens with one attached hydrogen (secondary N) is 1. The summed E-state index contributed by atoms with van der Waals surface area (Å²) >= 11 is 4.40. The van der Waals surface area contributed by atoms with Crippen molar-refractivity contribution in [1.82, 2.24) is 19.7 Å². The number of carbonyl (C=O) groups excluding carboxylic acids is 1. The van der Waals surface area contributed by atoms with Gasteiger partial charge in [-0.25, -0.2) is 4.98 Å². The summed E-state index contributed by atoms with van der Waals surface area (Å²) in [5, 5.41) is 14.8. The van der Waals surface area contributed by atoms with Gasteiger partial charge in [0.15, 0.2) is 15.3 Å². The number of aryl methyl sites for hydroxylation is 1. The topological polar surface area (TPSA) is 72.7 Å². The fraction of sp³-hybridized carbons (Fsp3) is 0.250. The van der Waals surface area contributed by atoms with Gasteiger partial charge in [-0.15, -0.1) is 28.1 Å². The van der Waals surface area contributed by atoms with E-state index in [1.807, 2.05) is 29.9 Å². The van der Waals surface area contributed by atoms with E-state index in [0.29, 0.717) is 12.3 Å². The van der Waals surface area contributed by atoms with Crippen molar-refractivity contribution in [3.8, 4) is 5.13 Å². The van der Waals surface area contributed by atoms with E-state index >= 15 is 0 Å². The molecule has 0 aromatic carbocycles. The molecule has 0 saturated heterocycles. The minimum Gasteiger partial charge on any atom is -0.357 e. The van der Waals surface area contributed by atoms with Crippen LogP contribution in [0, 0.1) is 13.8 Å². The lowest BCUT2D eigenvalue weighted by Crippen LogP contribution is -2.05. The average Bonchev–Trinajstić information content (AvgIpc) is 3.32. The van der Waals surface area contributed by atoms with Crippen molar-refractivity contribution in [2.45, 2.75) is 18.2 Å². The number of nitrogens with zero attached hydrogens (tertiary/aromatic N) is 4. The second-order valence-electron chi connectivity index (χ2n) is 5.19. The zero-order chi connectivity index (χ0) is 17.8. The number of Topliss-reactive ketones (excluding diaryl/α,β-unsaturated/α-hetero) is 1. The first-order valence-corrected chi connectivity index (χ1v) is 10.2. The number of thiazole rings is 1.